The van der Waals surface area contributed by atoms with Gasteiger partial charge < -0.3 is 10.3 Å². The van der Waals surface area contributed by atoms with Gasteiger partial charge >= 0.3 is 0 Å². The van der Waals surface area contributed by atoms with E-state index in [1.165, 1.54) is 0 Å². The molecule has 0 amide bonds. The number of aromatic nitrogens is 2. The molecule has 0 spiro atoms. The minimum absolute atomic E-state index is 0.732. The Morgan fingerprint density at radius 1 is 1.70 bits per heavy atom. The number of halogens is 1. The average molecular weight is 204 g/mol. The Balaban J connectivity index is 2.42. The highest BCUT2D eigenvalue weighted by Gasteiger charge is 1.91. The van der Waals surface area contributed by atoms with Crippen LogP contribution in [0.3, 0.4) is 0 Å². The lowest BCUT2D eigenvalue weighted by Gasteiger charge is -1.96. The van der Waals surface area contributed by atoms with E-state index in [0.29, 0.717) is 0 Å². The smallest absolute Gasteiger partial charge is 0.124 e. The first-order valence-corrected chi connectivity index (χ1v) is 3.99. The summed E-state index contributed by atoms with van der Waals surface area (Å²) in [5, 5.41) is 0. The molecule has 3 nitrogen and oxygen atoms in total. The minimum atomic E-state index is 0.732. The van der Waals surface area contributed by atoms with Crippen LogP contribution in [0.5, 0.6) is 0 Å². The molecule has 0 aliphatic carbocycles. The number of rotatable bonds is 3. The number of imidazole rings is 1. The van der Waals surface area contributed by atoms with Gasteiger partial charge in [-0.1, -0.05) is 0 Å². The number of nitrogens with zero attached hydrogens (tertiary/aromatic N) is 2. The van der Waals surface area contributed by atoms with Crippen LogP contribution in [-0.2, 0) is 6.54 Å². The fourth-order valence-corrected chi connectivity index (χ4v) is 1.08. The van der Waals surface area contributed by atoms with Crippen LogP contribution in [0.4, 0.5) is 0 Å². The molecule has 0 aliphatic rings. The van der Waals surface area contributed by atoms with E-state index in [2.05, 4.69) is 20.9 Å². The zero-order valence-electron chi connectivity index (χ0n) is 5.63. The zero-order valence-corrected chi connectivity index (χ0v) is 7.21. The molecule has 0 fully saturated rings. The molecule has 0 saturated heterocycles. The molecule has 0 saturated carbocycles. The van der Waals surface area contributed by atoms with Crippen molar-refractivity contribution in [1.82, 2.24) is 9.55 Å². The molecular formula is C6H10BrN3. The second-order valence-corrected chi connectivity index (χ2v) is 2.89. The Hall–Kier alpha value is -0.350. The van der Waals surface area contributed by atoms with Gasteiger partial charge in [0.25, 0.3) is 0 Å². The van der Waals surface area contributed by atoms with E-state index in [4.69, 9.17) is 5.73 Å². The first-order valence-electron chi connectivity index (χ1n) is 3.20. The number of nitrogens with two attached hydrogens (primary N) is 1. The summed E-state index contributed by atoms with van der Waals surface area (Å²) in [6.45, 7) is 1.69. The van der Waals surface area contributed by atoms with Crippen molar-refractivity contribution < 1.29 is 0 Å². The maximum atomic E-state index is 5.34. The van der Waals surface area contributed by atoms with Crippen LogP contribution in [0.15, 0.2) is 17.1 Å². The Labute approximate surface area is 68.4 Å². The molecule has 0 unspecified atom stereocenters. The van der Waals surface area contributed by atoms with Crippen molar-refractivity contribution in [2.45, 2.75) is 13.0 Å². The van der Waals surface area contributed by atoms with Gasteiger partial charge in [-0.15, -0.1) is 0 Å². The summed E-state index contributed by atoms with van der Waals surface area (Å²) >= 11 is 3.26. The normalized spacial score (nSPS) is 10.2. The molecule has 1 aromatic heterocycles. The van der Waals surface area contributed by atoms with Crippen LogP contribution in [0.2, 0.25) is 0 Å². The molecule has 0 bridgehead atoms. The zero-order chi connectivity index (χ0) is 7.40. The Kier molecular flexibility index (Phi) is 2.89. The molecule has 1 heterocycles. The summed E-state index contributed by atoms with van der Waals surface area (Å²) in [7, 11) is 0. The van der Waals surface area contributed by atoms with E-state index < -0.39 is 0 Å². The molecule has 1 aromatic rings. The number of hydrogen-bond acceptors (Lipinski definition) is 2. The first-order chi connectivity index (χ1) is 4.83. The fraction of sp³-hybridized carbons (Fsp3) is 0.500. The van der Waals surface area contributed by atoms with Crippen molar-refractivity contribution in [3.05, 3.63) is 17.1 Å². The van der Waals surface area contributed by atoms with Gasteiger partial charge in [-0.25, -0.2) is 4.98 Å². The van der Waals surface area contributed by atoms with Crippen molar-refractivity contribution in [2.75, 3.05) is 6.54 Å². The first kappa shape index (κ1) is 7.75. The third-order valence-electron chi connectivity index (χ3n) is 1.22. The lowest BCUT2D eigenvalue weighted by atomic mass is 10.4. The largest absolute Gasteiger partial charge is 0.336 e. The fourth-order valence-electron chi connectivity index (χ4n) is 0.729. The van der Waals surface area contributed by atoms with Crippen LogP contribution in [0.25, 0.3) is 0 Å². The molecule has 10 heavy (non-hydrogen) atoms. The van der Waals surface area contributed by atoms with Gasteiger partial charge in [-0.05, 0) is 28.9 Å². The van der Waals surface area contributed by atoms with Crippen molar-refractivity contribution in [1.29, 1.82) is 0 Å². The van der Waals surface area contributed by atoms with Crippen molar-refractivity contribution >= 4 is 15.9 Å². The summed E-state index contributed by atoms with van der Waals surface area (Å²) in [5.74, 6) is 0. The molecule has 56 valence electrons. The van der Waals surface area contributed by atoms with E-state index >= 15 is 0 Å². The van der Waals surface area contributed by atoms with Crippen LogP contribution in [0, 0.1) is 0 Å². The molecule has 0 atom stereocenters. The highest BCUT2D eigenvalue weighted by atomic mass is 79.9. The quantitative estimate of drug-likeness (QED) is 0.797. The summed E-state index contributed by atoms with van der Waals surface area (Å²) in [4.78, 5) is 4.01. The number of hydrogen-bond donors (Lipinski definition) is 1. The monoisotopic (exact) mass is 203 g/mol. The molecule has 0 aliphatic heterocycles. The van der Waals surface area contributed by atoms with Crippen LogP contribution in [0.1, 0.15) is 6.42 Å². The van der Waals surface area contributed by atoms with E-state index in [1.54, 1.807) is 6.33 Å². The maximum Gasteiger partial charge on any atom is 0.124 e. The van der Waals surface area contributed by atoms with Crippen molar-refractivity contribution in [3.63, 3.8) is 0 Å². The van der Waals surface area contributed by atoms with Gasteiger partial charge in [-0.2, -0.15) is 0 Å². The summed E-state index contributed by atoms with van der Waals surface area (Å²) in [5.41, 5.74) is 5.34. The third-order valence-corrected chi connectivity index (χ3v) is 1.63. The molecule has 0 radical (unpaired) electrons. The Bertz CT molecular complexity index is 197. The number of aryl methyl sites for hydroxylation is 1. The van der Waals surface area contributed by atoms with Crippen molar-refractivity contribution in [2.24, 2.45) is 5.73 Å². The highest BCUT2D eigenvalue weighted by molar-refractivity contribution is 9.10. The van der Waals surface area contributed by atoms with Crippen LogP contribution in [-0.4, -0.2) is 16.1 Å². The van der Waals surface area contributed by atoms with Crippen molar-refractivity contribution in [3.8, 4) is 0 Å². The Morgan fingerprint density at radius 3 is 3.00 bits per heavy atom. The van der Waals surface area contributed by atoms with E-state index in [1.807, 2.05) is 10.8 Å². The van der Waals surface area contributed by atoms with Gasteiger partial charge in [0, 0.05) is 12.7 Å². The summed E-state index contributed by atoms with van der Waals surface area (Å²) in [6.07, 6.45) is 4.73. The SMILES string of the molecule is NCCCn1cnc(Br)c1. The van der Waals surface area contributed by atoms with Crippen LogP contribution < -0.4 is 5.73 Å². The highest BCUT2D eigenvalue weighted by Crippen LogP contribution is 2.04. The van der Waals surface area contributed by atoms with Crippen LogP contribution >= 0.6 is 15.9 Å². The molecular weight excluding hydrogens is 194 g/mol. The Morgan fingerprint density at radius 2 is 2.50 bits per heavy atom. The predicted octanol–water partition coefficient (Wildman–Crippen LogP) is 0.994. The lowest BCUT2D eigenvalue weighted by molar-refractivity contribution is 0.650. The molecule has 2 N–H and O–H groups in total. The standard InChI is InChI=1S/C6H10BrN3/c7-6-4-10(5-9-6)3-1-2-8/h4-5H,1-3,8H2. The molecule has 0 aromatic carbocycles. The van der Waals surface area contributed by atoms with Gasteiger partial charge in [0.2, 0.25) is 0 Å². The predicted molar refractivity (Wildman–Crippen MR) is 43.6 cm³/mol. The second-order valence-electron chi connectivity index (χ2n) is 2.08. The van der Waals surface area contributed by atoms with E-state index in [9.17, 15) is 0 Å². The van der Waals surface area contributed by atoms with Gasteiger partial charge in [0.15, 0.2) is 0 Å². The molecule has 4 heteroatoms. The van der Waals surface area contributed by atoms with Gasteiger partial charge in [0.1, 0.15) is 4.60 Å². The third kappa shape index (κ3) is 2.11. The summed E-state index contributed by atoms with van der Waals surface area (Å²) in [6, 6.07) is 0. The van der Waals surface area contributed by atoms with E-state index in [0.717, 1.165) is 24.1 Å². The topological polar surface area (TPSA) is 43.8 Å². The minimum Gasteiger partial charge on any atom is -0.336 e. The summed E-state index contributed by atoms with van der Waals surface area (Å²) < 4.78 is 2.89. The lowest BCUT2D eigenvalue weighted by Crippen LogP contribution is -2.03. The van der Waals surface area contributed by atoms with Gasteiger partial charge in [0.05, 0.1) is 6.33 Å². The average Bonchev–Trinajstić information content (AvgIpc) is 2.31. The van der Waals surface area contributed by atoms with Gasteiger partial charge in [-0.3, -0.25) is 0 Å². The molecule has 1 rings (SSSR count). The van der Waals surface area contributed by atoms with E-state index in [-0.39, 0.29) is 0 Å². The maximum absolute atomic E-state index is 5.34. The second kappa shape index (κ2) is 3.73.